The van der Waals surface area contributed by atoms with Crippen molar-refractivity contribution in [3.63, 3.8) is 0 Å². The molecule has 0 aliphatic rings. The second-order valence-corrected chi connectivity index (χ2v) is 6.97. The van der Waals surface area contributed by atoms with Crippen LogP contribution in [0.4, 0.5) is 0 Å². The lowest BCUT2D eigenvalue weighted by molar-refractivity contribution is -0.141. The van der Waals surface area contributed by atoms with E-state index in [1.807, 2.05) is 60.7 Å². The molecule has 1 heterocycles. The maximum absolute atomic E-state index is 13.1. The molecule has 0 aliphatic heterocycles. The first-order valence-electron chi connectivity index (χ1n) is 9.22. The molecule has 0 N–H and O–H groups in total. The van der Waals surface area contributed by atoms with Crippen molar-refractivity contribution in [3.05, 3.63) is 101 Å². The van der Waals surface area contributed by atoms with E-state index in [0.717, 1.165) is 11.1 Å². The third-order valence-corrected chi connectivity index (χ3v) is 4.54. The Kier molecular flexibility index (Phi) is 6.98. The molecule has 0 saturated carbocycles. The number of carbonyl (C=O) groups is 2. The maximum atomic E-state index is 13.1. The predicted molar refractivity (Wildman–Crippen MR) is 111 cm³/mol. The average molecular weight is 409 g/mol. The van der Waals surface area contributed by atoms with Gasteiger partial charge in [-0.3, -0.25) is 4.79 Å². The van der Waals surface area contributed by atoms with Gasteiger partial charge >= 0.3 is 5.97 Å². The van der Waals surface area contributed by atoms with Gasteiger partial charge in [-0.1, -0.05) is 72.3 Å². The van der Waals surface area contributed by atoms with Gasteiger partial charge in [-0.15, -0.1) is 0 Å². The molecule has 0 radical (unpaired) electrons. The average Bonchev–Trinajstić information content (AvgIpc) is 2.74. The maximum Gasteiger partial charge on any atom is 0.339 e. The smallest absolute Gasteiger partial charge is 0.339 e. The number of pyridine rings is 1. The van der Waals surface area contributed by atoms with E-state index in [4.69, 9.17) is 16.3 Å². The van der Waals surface area contributed by atoms with Crippen LogP contribution in [0, 0.1) is 0 Å². The Balaban J connectivity index is 1.74. The lowest BCUT2D eigenvalue weighted by Crippen LogP contribution is -2.39. The fourth-order valence-electron chi connectivity index (χ4n) is 2.88. The van der Waals surface area contributed by atoms with Crippen LogP contribution in [0.2, 0.25) is 5.15 Å². The number of hydrogen-bond donors (Lipinski definition) is 0. The summed E-state index contributed by atoms with van der Waals surface area (Å²) in [6, 6.07) is 22.3. The summed E-state index contributed by atoms with van der Waals surface area (Å²) in [6.07, 6.45) is 0.476. The van der Waals surface area contributed by atoms with Crippen LogP contribution in [0.25, 0.3) is 0 Å². The van der Waals surface area contributed by atoms with Gasteiger partial charge in [0.2, 0.25) is 0 Å². The second-order valence-electron chi connectivity index (χ2n) is 6.58. The minimum atomic E-state index is -0.943. The van der Waals surface area contributed by atoms with E-state index < -0.39 is 12.1 Å². The van der Waals surface area contributed by atoms with Crippen molar-refractivity contribution < 1.29 is 14.3 Å². The summed E-state index contributed by atoms with van der Waals surface area (Å²) < 4.78 is 5.39. The van der Waals surface area contributed by atoms with Gasteiger partial charge in [0.15, 0.2) is 6.10 Å². The number of esters is 1. The molecular formula is C23H21ClN2O3. The van der Waals surface area contributed by atoms with Gasteiger partial charge in [0.05, 0.1) is 5.56 Å². The van der Waals surface area contributed by atoms with Gasteiger partial charge in [0, 0.05) is 19.3 Å². The Morgan fingerprint density at radius 2 is 1.52 bits per heavy atom. The first-order chi connectivity index (χ1) is 14.0. The Morgan fingerprint density at radius 3 is 2.03 bits per heavy atom. The largest absolute Gasteiger partial charge is 0.449 e. The molecule has 5 nitrogen and oxygen atoms in total. The van der Waals surface area contributed by atoms with Crippen LogP contribution in [0.15, 0.2) is 79.0 Å². The molecule has 3 rings (SSSR count). The van der Waals surface area contributed by atoms with Crippen LogP contribution in [-0.2, 0) is 22.6 Å². The van der Waals surface area contributed by atoms with Crippen molar-refractivity contribution in [1.29, 1.82) is 0 Å². The number of halogens is 1. The van der Waals surface area contributed by atoms with E-state index in [1.165, 1.54) is 18.3 Å². The van der Waals surface area contributed by atoms with Crippen molar-refractivity contribution in [2.45, 2.75) is 26.1 Å². The topological polar surface area (TPSA) is 59.5 Å². The number of rotatable bonds is 7. The number of carbonyl (C=O) groups excluding carboxylic acids is 2. The highest BCUT2D eigenvalue weighted by Gasteiger charge is 2.25. The molecule has 0 bridgehead atoms. The van der Waals surface area contributed by atoms with Gasteiger partial charge in [-0.05, 0) is 30.2 Å². The number of nitrogens with zero attached hydrogens (tertiary/aromatic N) is 2. The molecule has 1 atom stereocenters. The summed E-state index contributed by atoms with van der Waals surface area (Å²) >= 11 is 5.82. The Morgan fingerprint density at radius 1 is 0.966 bits per heavy atom. The quantitative estimate of drug-likeness (QED) is 0.426. The standard InChI is InChI=1S/C23H21ClN2O3/c1-17(29-23(28)20-12-13-25-21(24)14-20)22(27)26(15-18-8-4-2-5-9-18)16-19-10-6-3-7-11-19/h2-14,17H,15-16H2,1H3. The van der Waals surface area contributed by atoms with E-state index in [0.29, 0.717) is 13.1 Å². The lowest BCUT2D eigenvalue weighted by atomic mass is 10.1. The van der Waals surface area contributed by atoms with Crippen LogP contribution < -0.4 is 0 Å². The Labute approximate surface area is 174 Å². The van der Waals surface area contributed by atoms with Crippen LogP contribution in [0.5, 0.6) is 0 Å². The van der Waals surface area contributed by atoms with Gasteiger partial charge in [0.1, 0.15) is 5.15 Å². The molecule has 1 unspecified atom stereocenters. The van der Waals surface area contributed by atoms with Crippen LogP contribution in [0.3, 0.4) is 0 Å². The van der Waals surface area contributed by atoms with Gasteiger partial charge in [-0.2, -0.15) is 0 Å². The van der Waals surface area contributed by atoms with E-state index in [9.17, 15) is 9.59 Å². The molecule has 0 fully saturated rings. The van der Waals surface area contributed by atoms with Crippen molar-refractivity contribution in [2.24, 2.45) is 0 Å². The van der Waals surface area contributed by atoms with Gasteiger partial charge in [-0.25, -0.2) is 9.78 Å². The first-order valence-corrected chi connectivity index (χ1v) is 9.60. The zero-order valence-electron chi connectivity index (χ0n) is 16.0. The highest BCUT2D eigenvalue weighted by molar-refractivity contribution is 6.29. The molecule has 2 aromatic carbocycles. The van der Waals surface area contributed by atoms with E-state index in [1.54, 1.807) is 11.8 Å². The number of benzene rings is 2. The third-order valence-electron chi connectivity index (χ3n) is 4.34. The number of hydrogen-bond acceptors (Lipinski definition) is 4. The number of amides is 1. The third kappa shape index (κ3) is 5.90. The summed E-state index contributed by atoms with van der Waals surface area (Å²) in [7, 11) is 0. The van der Waals surface area contributed by atoms with E-state index in [-0.39, 0.29) is 16.6 Å². The Hall–Kier alpha value is -3.18. The van der Waals surface area contributed by atoms with Gasteiger partial charge < -0.3 is 9.64 Å². The monoisotopic (exact) mass is 408 g/mol. The zero-order chi connectivity index (χ0) is 20.6. The molecule has 1 amide bonds. The number of aromatic nitrogens is 1. The molecule has 0 spiro atoms. The van der Waals surface area contributed by atoms with Crippen molar-refractivity contribution >= 4 is 23.5 Å². The summed E-state index contributed by atoms with van der Waals surface area (Å²) in [6.45, 7) is 2.40. The van der Waals surface area contributed by atoms with Gasteiger partial charge in [0.25, 0.3) is 5.91 Å². The Bertz CT molecular complexity index is 923. The normalized spacial score (nSPS) is 11.5. The zero-order valence-corrected chi connectivity index (χ0v) is 16.8. The fraction of sp³-hybridized carbons (Fsp3) is 0.174. The van der Waals surface area contributed by atoms with Crippen LogP contribution in [-0.4, -0.2) is 27.9 Å². The summed E-state index contributed by atoms with van der Waals surface area (Å²) in [5, 5.41) is 0.188. The summed E-state index contributed by atoms with van der Waals surface area (Å²) in [5.74, 6) is -0.888. The van der Waals surface area contributed by atoms with Crippen LogP contribution >= 0.6 is 11.6 Å². The molecule has 148 valence electrons. The van der Waals surface area contributed by atoms with E-state index >= 15 is 0 Å². The highest BCUT2D eigenvalue weighted by atomic mass is 35.5. The van der Waals surface area contributed by atoms with E-state index in [2.05, 4.69) is 4.98 Å². The number of ether oxygens (including phenoxy) is 1. The van der Waals surface area contributed by atoms with Crippen LogP contribution in [0.1, 0.15) is 28.4 Å². The molecule has 3 aromatic rings. The fourth-order valence-corrected chi connectivity index (χ4v) is 3.06. The molecule has 1 aromatic heterocycles. The molecule has 29 heavy (non-hydrogen) atoms. The molecule has 6 heteroatoms. The molecular weight excluding hydrogens is 388 g/mol. The summed E-state index contributed by atoms with van der Waals surface area (Å²) in [4.78, 5) is 31.0. The highest BCUT2D eigenvalue weighted by Crippen LogP contribution is 2.15. The first kappa shape index (κ1) is 20.6. The van der Waals surface area contributed by atoms with Crippen molar-refractivity contribution in [2.75, 3.05) is 0 Å². The SMILES string of the molecule is CC(OC(=O)c1ccnc(Cl)c1)C(=O)N(Cc1ccccc1)Cc1ccccc1. The molecule has 0 saturated heterocycles. The molecule has 0 aliphatic carbocycles. The minimum absolute atomic E-state index is 0.188. The summed E-state index contributed by atoms with van der Waals surface area (Å²) in [5.41, 5.74) is 2.25. The second kappa shape index (κ2) is 9.85. The predicted octanol–water partition coefficient (Wildman–Crippen LogP) is 4.51. The minimum Gasteiger partial charge on any atom is -0.449 e. The van der Waals surface area contributed by atoms with Crippen molar-refractivity contribution in [1.82, 2.24) is 9.88 Å². The lowest BCUT2D eigenvalue weighted by Gasteiger charge is -2.26. The van der Waals surface area contributed by atoms with Crippen molar-refractivity contribution in [3.8, 4) is 0 Å².